The fourth-order valence-electron chi connectivity index (χ4n) is 3.07. The summed E-state index contributed by atoms with van der Waals surface area (Å²) in [6, 6.07) is 8.29. The largest absolute Gasteiger partial charge is 0.385 e. The van der Waals surface area contributed by atoms with Crippen LogP contribution in [0.4, 0.5) is 16.2 Å². The number of piperidine rings is 1. The molecule has 0 radical (unpaired) electrons. The molecule has 0 unspecified atom stereocenters. The van der Waals surface area contributed by atoms with E-state index in [0.717, 1.165) is 50.2 Å². The second-order valence-electron chi connectivity index (χ2n) is 6.35. The number of hydrogen-bond donors (Lipinski definition) is 1. The summed E-state index contributed by atoms with van der Waals surface area (Å²) in [5, 5.41) is 3.04. The highest BCUT2D eigenvalue weighted by atomic mass is 16.5. The van der Waals surface area contributed by atoms with Crippen LogP contribution < -0.4 is 10.2 Å². The summed E-state index contributed by atoms with van der Waals surface area (Å²) in [7, 11) is 5.74. The van der Waals surface area contributed by atoms with Crippen molar-refractivity contribution >= 4 is 17.4 Å². The second-order valence-corrected chi connectivity index (χ2v) is 6.35. The molecule has 2 amide bonds. The summed E-state index contributed by atoms with van der Waals surface area (Å²) in [5.74, 6) is 0. The van der Waals surface area contributed by atoms with Gasteiger partial charge in [-0.05, 0) is 56.4 Å². The van der Waals surface area contributed by atoms with E-state index in [1.165, 1.54) is 6.42 Å². The Balaban J connectivity index is 1.93. The number of nitrogens with one attached hydrogen (secondary N) is 1. The molecule has 0 aromatic heterocycles. The van der Waals surface area contributed by atoms with Gasteiger partial charge in [-0.3, -0.25) is 0 Å². The third kappa shape index (κ3) is 5.13. The highest BCUT2D eigenvalue weighted by Gasteiger charge is 2.26. The van der Waals surface area contributed by atoms with E-state index in [1.807, 2.05) is 48.2 Å². The number of methoxy groups -OCH3 is 1. The topological polar surface area (TPSA) is 44.8 Å². The predicted octanol–water partition coefficient (Wildman–Crippen LogP) is 3.57. The average molecular weight is 319 g/mol. The van der Waals surface area contributed by atoms with Crippen LogP contribution in [-0.2, 0) is 4.74 Å². The van der Waals surface area contributed by atoms with Crippen LogP contribution in [-0.4, -0.2) is 51.3 Å². The molecule has 128 valence electrons. The zero-order valence-electron chi connectivity index (χ0n) is 14.5. The number of likely N-dealkylation sites (tertiary alicyclic amines) is 1. The Morgan fingerprint density at radius 1 is 1.30 bits per heavy atom. The lowest BCUT2D eigenvalue weighted by Crippen LogP contribution is -2.46. The summed E-state index contributed by atoms with van der Waals surface area (Å²) in [4.78, 5) is 16.6. The summed E-state index contributed by atoms with van der Waals surface area (Å²) < 4.78 is 5.13. The van der Waals surface area contributed by atoms with Gasteiger partial charge in [-0.2, -0.15) is 0 Å². The molecule has 5 heteroatoms. The molecule has 0 bridgehead atoms. The molecule has 0 spiro atoms. The van der Waals surface area contributed by atoms with E-state index in [9.17, 15) is 4.79 Å². The van der Waals surface area contributed by atoms with Gasteiger partial charge in [-0.25, -0.2) is 4.79 Å². The van der Waals surface area contributed by atoms with Gasteiger partial charge in [-0.1, -0.05) is 0 Å². The molecule has 1 saturated heterocycles. The van der Waals surface area contributed by atoms with Crippen LogP contribution in [0, 0.1) is 0 Å². The lowest BCUT2D eigenvalue weighted by molar-refractivity contribution is 0.141. The Morgan fingerprint density at radius 2 is 2.04 bits per heavy atom. The lowest BCUT2D eigenvalue weighted by atomic mass is 9.98. The molecule has 0 saturated carbocycles. The number of rotatable bonds is 6. The third-order valence-electron chi connectivity index (χ3n) is 4.41. The number of carbonyl (C=O) groups is 1. The maximum absolute atomic E-state index is 12.6. The maximum Gasteiger partial charge on any atom is 0.322 e. The number of urea groups is 1. The van der Waals surface area contributed by atoms with Crippen molar-refractivity contribution in [3.05, 3.63) is 24.3 Å². The van der Waals surface area contributed by atoms with E-state index < -0.39 is 0 Å². The standard InChI is InChI=1S/C18H29N3O2/c1-20(2)16-11-9-15(10-12-16)19-18(22)21-13-5-4-7-17(21)8-6-14-23-3/h9-12,17H,4-8,13-14H2,1-3H3,(H,19,22)/t17-/m1/s1. The molecule has 5 nitrogen and oxygen atoms in total. The van der Waals surface area contributed by atoms with E-state index in [2.05, 4.69) is 5.32 Å². The van der Waals surface area contributed by atoms with Gasteiger partial charge in [0.25, 0.3) is 0 Å². The van der Waals surface area contributed by atoms with Gasteiger partial charge in [-0.15, -0.1) is 0 Å². The number of ether oxygens (including phenoxy) is 1. The van der Waals surface area contributed by atoms with Crippen LogP contribution in [0.15, 0.2) is 24.3 Å². The second kappa shape index (κ2) is 8.77. The van der Waals surface area contributed by atoms with E-state index >= 15 is 0 Å². The van der Waals surface area contributed by atoms with Crippen LogP contribution in [0.3, 0.4) is 0 Å². The van der Waals surface area contributed by atoms with Crippen molar-refractivity contribution in [2.24, 2.45) is 0 Å². The van der Waals surface area contributed by atoms with Gasteiger partial charge in [0.05, 0.1) is 0 Å². The molecule has 0 aliphatic carbocycles. The minimum atomic E-state index is 0.0183. The minimum absolute atomic E-state index is 0.0183. The van der Waals surface area contributed by atoms with Crippen LogP contribution in [0.2, 0.25) is 0 Å². The van der Waals surface area contributed by atoms with Gasteiger partial charge in [0, 0.05) is 51.8 Å². The van der Waals surface area contributed by atoms with E-state index in [1.54, 1.807) is 7.11 Å². The minimum Gasteiger partial charge on any atom is -0.385 e. The molecule has 1 aromatic carbocycles. The van der Waals surface area contributed by atoms with Crippen LogP contribution in [0.25, 0.3) is 0 Å². The van der Waals surface area contributed by atoms with Crippen molar-refractivity contribution in [2.45, 2.75) is 38.1 Å². The first-order valence-electron chi connectivity index (χ1n) is 8.45. The smallest absolute Gasteiger partial charge is 0.322 e. The molecule has 1 N–H and O–H groups in total. The summed E-state index contributed by atoms with van der Waals surface area (Å²) >= 11 is 0. The normalized spacial score (nSPS) is 17.9. The number of benzene rings is 1. The van der Waals surface area contributed by atoms with Gasteiger partial charge < -0.3 is 19.9 Å². The van der Waals surface area contributed by atoms with Gasteiger partial charge in [0.2, 0.25) is 0 Å². The molecule has 1 aromatic rings. The molecular formula is C18H29N3O2. The number of hydrogen-bond acceptors (Lipinski definition) is 3. The van der Waals surface area contributed by atoms with Gasteiger partial charge >= 0.3 is 6.03 Å². The summed E-state index contributed by atoms with van der Waals surface area (Å²) in [5.41, 5.74) is 1.97. The lowest BCUT2D eigenvalue weighted by Gasteiger charge is -2.35. The molecule has 1 fully saturated rings. The molecular weight excluding hydrogens is 290 g/mol. The molecule has 23 heavy (non-hydrogen) atoms. The van der Waals surface area contributed by atoms with Crippen molar-refractivity contribution in [1.82, 2.24) is 4.90 Å². The van der Waals surface area contributed by atoms with E-state index in [0.29, 0.717) is 6.04 Å². The Kier molecular flexibility index (Phi) is 6.71. The molecule has 1 aliphatic rings. The quantitative estimate of drug-likeness (QED) is 0.815. The van der Waals surface area contributed by atoms with Crippen LogP contribution in [0.5, 0.6) is 0 Å². The number of nitrogens with zero attached hydrogens (tertiary/aromatic N) is 2. The SMILES string of the molecule is COCCC[C@H]1CCCCN1C(=O)Nc1ccc(N(C)C)cc1. The number of carbonyl (C=O) groups excluding carboxylic acids is 1. The first-order chi connectivity index (χ1) is 11.1. The maximum atomic E-state index is 12.6. The first-order valence-corrected chi connectivity index (χ1v) is 8.45. The number of amides is 2. The average Bonchev–Trinajstić information content (AvgIpc) is 2.56. The van der Waals surface area contributed by atoms with Crippen molar-refractivity contribution in [2.75, 3.05) is 44.6 Å². The molecule has 1 atom stereocenters. The fourth-order valence-corrected chi connectivity index (χ4v) is 3.07. The van der Waals surface area contributed by atoms with Gasteiger partial charge in [0.15, 0.2) is 0 Å². The fraction of sp³-hybridized carbons (Fsp3) is 0.611. The summed E-state index contributed by atoms with van der Waals surface area (Å²) in [6.07, 6.45) is 5.41. The van der Waals surface area contributed by atoms with Crippen molar-refractivity contribution in [1.29, 1.82) is 0 Å². The molecule has 1 heterocycles. The Bertz CT molecular complexity index is 488. The first kappa shape index (κ1) is 17.6. The number of anilines is 2. The molecule has 2 rings (SSSR count). The van der Waals surface area contributed by atoms with Crippen LogP contribution >= 0.6 is 0 Å². The predicted molar refractivity (Wildman–Crippen MR) is 95.2 cm³/mol. The van der Waals surface area contributed by atoms with Crippen LogP contribution in [0.1, 0.15) is 32.1 Å². The highest BCUT2D eigenvalue weighted by Crippen LogP contribution is 2.23. The monoisotopic (exact) mass is 319 g/mol. The Morgan fingerprint density at radius 3 is 2.70 bits per heavy atom. The summed E-state index contributed by atoms with van der Waals surface area (Å²) in [6.45, 7) is 1.61. The zero-order chi connectivity index (χ0) is 16.7. The molecule has 1 aliphatic heterocycles. The zero-order valence-corrected chi connectivity index (χ0v) is 14.5. The Labute approximate surface area is 139 Å². The Hall–Kier alpha value is -1.75. The van der Waals surface area contributed by atoms with Crippen molar-refractivity contribution < 1.29 is 9.53 Å². The van der Waals surface area contributed by atoms with Gasteiger partial charge in [0.1, 0.15) is 0 Å². The highest BCUT2D eigenvalue weighted by molar-refractivity contribution is 5.89. The van der Waals surface area contributed by atoms with E-state index in [4.69, 9.17) is 4.74 Å². The van der Waals surface area contributed by atoms with E-state index in [-0.39, 0.29) is 6.03 Å². The third-order valence-corrected chi connectivity index (χ3v) is 4.41. The van der Waals surface area contributed by atoms with Crippen molar-refractivity contribution in [3.8, 4) is 0 Å². The van der Waals surface area contributed by atoms with Crippen molar-refractivity contribution in [3.63, 3.8) is 0 Å².